The fourth-order valence-electron chi connectivity index (χ4n) is 0.467. The molecule has 0 aromatic rings. The molecular weight excluding hydrogens is 122 g/mol. The standard InChI is InChI=1S/C9H11N/c1-4-5-6-9(7-10)8(2)3/h4-6H,2H2,1,3H3/b5-4-,9-6-. The van der Waals surface area contributed by atoms with Crippen molar-refractivity contribution < 1.29 is 0 Å². The van der Waals surface area contributed by atoms with Gasteiger partial charge in [-0.1, -0.05) is 18.7 Å². The Morgan fingerprint density at radius 3 is 2.50 bits per heavy atom. The molecule has 0 bridgehead atoms. The highest BCUT2D eigenvalue weighted by atomic mass is 14.2. The Kier molecular flexibility index (Phi) is 3.99. The van der Waals surface area contributed by atoms with E-state index in [0.717, 1.165) is 5.57 Å². The molecule has 10 heavy (non-hydrogen) atoms. The maximum absolute atomic E-state index is 8.51. The van der Waals surface area contributed by atoms with E-state index in [0.29, 0.717) is 5.57 Å². The van der Waals surface area contributed by atoms with Crippen LogP contribution in [0, 0.1) is 11.3 Å². The highest BCUT2D eigenvalue weighted by molar-refractivity contribution is 5.40. The van der Waals surface area contributed by atoms with Gasteiger partial charge in [-0.25, -0.2) is 0 Å². The van der Waals surface area contributed by atoms with Crippen LogP contribution in [0.15, 0.2) is 36.0 Å². The second-order valence-corrected chi connectivity index (χ2v) is 2.00. The van der Waals surface area contributed by atoms with Crippen molar-refractivity contribution in [2.75, 3.05) is 0 Å². The van der Waals surface area contributed by atoms with Gasteiger partial charge in [-0.3, -0.25) is 0 Å². The highest BCUT2D eigenvalue weighted by Gasteiger charge is 1.90. The zero-order chi connectivity index (χ0) is 7.98. The van der Waals surface area contributed by atoms with Crippen LogP contribution in [0.4, 0.5) is 0 Å². The molecule has 0 aliphatic carbocycles. The molecule has 0 atom stereocenters. The average molecular weight is 133 g/mol. The maximum Gasteiger partial charge on any atom is 0.0994 e. The van der Waals surface area contributed by atoms with E-state index in [1.807, 2.05) is 32.1 Å². The molecular formula is C9H11N. The molecule has 0 radical (unpaired) electrons. The van der Waals surface area contributed by atoms with Crippen LogP contribution in [0.2, 0.25) is 0 Å². The summed E-state index contributed by atoms with van der Waals surface area (Å²) in [7, 11) is 0. The number of rotatable bonds is 2. The number of hydrogen-bond acceptors (Lipinski definition) is 1. The first-order valence-corrected chi connectivity index (χ1v) is 3.11. The largest absolute Gasteiger partial charge is 0.192 e. The topological polar surface area (TPSA) is 23.8 Å². The predicted octanol–water partition coefficient (Wildman–Crippen LogP) is 2.59. The van der Waals surface area contributed by atoms with Crippen LogP contribution in [0.3, 0.4) is 0 Å². The van der Waals surface area contributed by atoms with Gasteiger partial charge in [0.25, 0.3) is 0 Å². The van der Waals surface area contributed by atoms with E-state index in [1.165, 1.54) is 0 Å². The lowest BCUT2D eigenvalue weighted by atomic mass is 10.1. The van der Waals surface area contributed by atoms with Gasteiger partial charge < -0.3 is 0 Å². The molecule has 0 saturated carbocycles. The fourth-order valence-corrected chi connectivity index (χ4v) is 0.467. The molecule has 0 fully saturated rings. The zero-order valence-electron chi connectivity index (χ0n) is 6.39. The van der Waals surface area contributed by atoms with E-state index in [1.54, 1.807) is 6.08 Å². The van der Waals surface area contributed by atoms with E-state index >= 15 is 0 Å². The summed E-state index contributed by atoms with van der Waals surface area (Å²) in [5.74, 6) is 0. The van der Waals surface area contributed by atoms with E-state index in [-0.39, 0.29) is 0 Å². The molecule has 52 valence electrons. The van der Waals surface area contributed by atoms with Gasteiger partial charge in [-0.2, -0.15) is 5.26 Å². The molecule has 0 N–H and O–H groups in total. The van der Waals surface area contributed by atoms with E-state index in [2.05, 4.69) is 6.58 Å². The summed E-state index contributed by atoms with van der Waals surface area (Å²) in [6.45, 7) is 7.38. The van der Waals surface area contributed by atoms with Gasteiger partial charge >= 0.3 is 0 Å². The van der Waals surface area contributed by atoms with Crippen LogP contribution >= 0.6 is 0 Å². The first-order valence-electron chi connectivity index (χ1n) is 3.11. The maximum atomic E-state index is 8.51. The van der Waals surface area contributed by atoms with E-state index < -0.39 is 0 Å². The van der Waals surface area contributed by atoms with Crippen LogP contribution in [0.1, 0.15) is 13.8 Å². The smallest absolute Gasteiger partial charge is 0.0994 e. The normalized spacial score (nSPS) is 11.5. The van der Waals surface area contributed by atoms with Crippen molar-refractivity contribution in [1.29, 1.82) is 5.26 Å². The van der Waals surface area contributed by atoms with Crippen LogP contribution in [0.5, 0.6) is 0 Å². The summed E-state index contributed by atoms with van der Waals surface area (Å²) >= 11 is 0. The SMILES string of the molecule is C=C(C)/C(C#N)=C\C=C/C. The van der Waals surface area contributed by atoms with E-state index in [9.17, 15) is 0 Å². The monoisotopic (exact) mass is 133 g/mol. The minimum absolute atomic E-state index is 0.637. The van der Waals surface area contributed by atoms with Crippen molar-refractivity contribution in [3.8, 4) is 6.07 Å². The van der Waals surface area contributed by atoms with Gasteiger partial charge in [-0.05, 0) is 25.5 Å². The molecule has 0 unspecified atom stereocenters. The van der Waals surface area contributed by atoms with Crippen molar-refractivity contribution in [2.24, 2.45) is 0 Å². The Bertz CT molecular complexity index is 213. The first kappa shape index (κ1) is 8.71. The molecule has 1 nitrogen and oxygen atoms in total. The van der Waals surface area contributed by atoms with Gasteiger partial charge in [0, 0.05) is 0 Å². The Balaban J connectivity index is 4.38. The highest BCUT2D eigenvalue weighted by Crippen LogP contribution is 2.04. The molecule has 0 rings (SSSR count). The van der Waals surface area contributed by atoms with Crippen LogP contribution in [-0.4, -0.2) is 0 Å². The van der Waals surface area contributed by atoms with Crippen molar-refractivity contribution in [3.05, 3.63) is 36.0 Å². The van der Waals surface area contributed by atoms with Gasteiger partial charge in [-0.15, -0.1) is 0 Å². The molecule has 0 aromatic carbocycles. The molecule has 1 heteroatoms. The van der Waals surface area contributed by atoms with Crippen molar-refractivity contribution in [2.45, 2.75) is 13.8 Å². The van der Waals surface area contributed by atoms with Crippen molar-refractivity contribution in [1.82, 2.24) is 0 Å². The lowest BCUT2D eigenvalue weighted by Crippen LogP contribution is -1.76. The Morgan fingerprint density at radius 1 is 1.60 bits per heavy atom. The summed E-state index contributed by atoms with van der Waals surface area (Å²) in [4.78, 5) is 0. The average Bonchev–Trinajstić information content (AvgIpc) is 1.89. The Hall–Kier alpha value is -1.29. The summed E-state index contributed by atoms with van der Waals surface area (Å²) in [5, 5.41) is 8.51. The lowest BCUT2D eigenvalue weighted by molar-refractivity contribution is 1.41. The van der Waals surface area contributed by atoms with Gasteiger partial charge in [0.1, 0.15) is 0 Å². The molecule has 0 aliphatic heterocycles. The third-order valence-corrected chi connectivity index (χ3v) is 1.04. The Labute approximate surface area is 62.0 Å². The minimum Gasteiger partial charge on any atom is -0.192 e. The molecule has 0 aromatic heterocycles. The van der Waals surface area contributed by atoms with Crippen molar-refractivity contribution >= 4 is 0 Å². The van der Waals surface area contributed by atoms with Gasteiger partial charge in [0.15, 0.2) is 0 Å². The number of nitrogens with zero attached hydrogens (tertiary/aromatic N) is 1. The Morgan fingerprint density at radius 2 is 2.20 bits per heavy atom. The van der Waals surface area contributed by atoms with Crippen LogP contribution in [-0.2, 0) is 0 Å². The first-order chi connectivity index (χ1) is 4.72. The molecule has 0 saturated heterocycles. The number of nitriles is 1. The third kappa shape index (κ3) is 2.88. The summed E-state index contributed by atoms with van der Waals surface area (Å²) < 4.78 is 0. The van der Waals surface area contributed by atoms with Gasteiger partial charge in [0.2, 0.25) is 0 Å². The van der Waals surface area contributed by atoms with Crippen molar-refractivity contribution in [3.63, 3.8) is 0 Å². The lowest BCUT2D eigenvalue weighted by Gasteiger charge is -1.89. The van der Waals surface area contributed by atoms with Gasteiger partial charge in [0.05, 0.1) is 11.6 Å². The minimum atomic E-state index is 0.637. The second kappa shape index (κ2) is 4.58. The zero-order valence-corrected chi connectivity index (χ0v) is 6.39. The quantitative estimate of drug-likeness (QED) is 0.419. The summed E-state index contributed by atoms with van der Waals surface area (Å²) in [6.07, 6.45) is 5.45. The molecule has 0 amide bonds. The molecule has 0 spiro atoms. The summed E-state index contributed by atoms with van der Waals surface area (Å²) in [5.41, 5.74) is 1.44. The summed E-state index contributed by atoms with van der Waals surface area (Å²) in [6, 6.07) is 2.05. The van der Waals surface area contributed by atoms with E-state index in [4.69, 9.17) is 5.26 Å². The third-order valence-electron chi connectivity index (χ3n) is 1.04. The fraction of sp³-hybridized carbons (Fsp3) is 0.222. The number of hydrogen-bond donors (Lipinski definition) is 0. The van der Waals surface area contributed by atoms with Crippen LogP contribution in [0.25, 0.3) is 0 Å². The molecule has 0 aliphatic rings. The molecule has 0 heterocycles. The second-order valence-electron chi connectivity index (χ2n) is 2.00. The number of allylic oxidation sites excluding steroid dienone is 5. The predicted molar refractivity (Wildman–Crippen MR) is 43.3 cm³/mol. The van der Waals surface area contributed by atoms with Crippen LogP contribution < -0.4 is 0 Å².